The fourth-order valence-electron chi connectivity index (χ4n) is 3.28. The summed E-state index contributed by atoms with van der Waals surface area (Å²) in [6.07, 6.45) is 1.29. The summed E-state index contributed by atoms with van der Waals surface area (Å²) < 4.78 is 32.1. The molecule has 132 valence electrons. The second-order valence-electron chi connectivity index (χ2n) is 5.91. The zero-order valence-corrected chi connectivity index (χ0v) is 13.9. The van der Waals surface area contributed by atoms with Gasteiger partial charge in [-0.2, -0.15) is 0 Å². The van der Waals surface area contributed by atoms with Gasteiger partial charge in [0, 0.05) is 27.1 Å². The van der Waals surface area contributed by atoms with Gasteiger partial charge in [0.1, 0.15) is 5.54 Å². The van der Waals surface area contributed by atoms with Crippen LogP contribution in [-0.2, 0) is 20.7 Å². The molecule has 0 aromatic heterocycles. The van der Waals surface area contributed by atoms with Crippen molar-refractivity contribution in [3.63, 3.8) is 0 Å². The molecular weight excluding hydrogens is 318 g/mol. The van der Waals surface area contributed by atoms with Crippen LogP contribution in [0.5, 0.6) is 0 Å². The summed E-state index contributed by atoms with van der Waals surface area (Å²) in [6, 6.07) is 3.90. The first-order valence-corrected chi connectivity index (χ1v) is 7.90. The van der Waals surface area contributed by atoms with Crippen LogP contribution in [0.3, 0.4) is 0 Å². The van der Waals surface area contributed by atoms with Crippen molar-refractivity contribution in [2.75, 3.05) is 27.3 Å². The van der Waals surface area contributed by atoms with Crippen molar-refractivity contribution in [1.29, 1.82) is 0 Å². The molecule has 0 bridgehead atoms. The molecule has 0 aliphatic carbocycles. The number of likely N-dealkylation sites (N-methyl/N-ethyl adjacent to an activating group) is 1. The summed E-state index contributed by atoms with van der Waals surface area (Å²) in [4.78, 5) is 26.4. The number of carbonyl (C=O) groups is 2. The lowest BCUT2D eigenvalue weighted by Gasteiger charge is -2.36. The van der Waals surface area contributed by atoms with Crippen LogP contribution in [0.1, 0.15) is 24.8 Å². The monoisotopic (exact) mass is 340 g/mol. The molecule has 5 nitrogen and oxygen atoms in total. The third-order valence-electron chi connectivity index (χ3n) is 4.46. The van der Waals surface area contributed by atoms with E-state index in [1.54, 1.807) is 0 Å². The number of carbonyl (C=O) groups excluding carboxylic acids is 2. The summed E-state index contributed by atoms with van der Waals surface area (Å²) in [5, 5.41) is 2.59. The van der Waals surface area contributed by atoms with Gasteiger partial charge in [0.25, 0.3) is 0 Å². The lowest BCUT2D eigenvalue weighted by Crippen LogP contribution is -2.59. The van der Waals surface area contributed by atoms with Crippen LogP contribution in [0.4, 0.5) is 8.78 Å². The molecule has 1 unspecified atom stereocenters. The number of amides is 2. The van der Waals surface area contributed by atoms with E-state index in [-0.39, 0.29) is 36.8 Å². The molecule has 0 saturated carbocycles. The largest absolute Gasteiger partial charge is 0.382 e. The highest BCUT2D eigenvalue weighted by Gasteiger charge is 2.49. The number of ether oxygens (including phenoxy) is 1. The maximum Gasteiger partial charge on any atom is 0.248 e. The SMILES string of the molecule is CNC(=O)C1(COC)CCCN1C(=O)CCc1cccc(F)c1F. The zero-order valence-electron chi connectivity index (χ0n) is 13.9. The fraction of sp³-hybridized carbons (Fsp3) is 0.529. The summed E-state index contributed by atoms with van der Waals surface area (Å²) >= 11 is 0. The van der Waals surface area contributed by atoms with E-state index in [0.29, 0.717) is 19.4 Å². The van der Waals surface area contributed by atoms with E-state index in [1.165, 1.54) is 31.2 Å². The second kappa shape index (κ2) is 7.70. The first-order chi connectivity index (χ1) is 11.5. The van der Waals surface area contributed by atoms with Crippen LogP contribution in [0, 0.1) is 11.6 Å². The Kier molecular flexibility index (Phi) is 5.88. The summed E-state index contributed by atoms with van der Waals surface area (Å²) in [5.74, 6) is -2.40. The van der Waals surface area contributed by atoms with Crippen molar-refractivity contribution in [2.45, 2.75) is 31.2 Å². The molecule has 0 spiro atoms. The maximum atomic E-state index is 13.7. The highest BCUT2D eigenvalue weighted by Crippen LogP contribution is 2.31. The van der Waals surface area contributed by atoms with Crippen LogP contribution < -0.4 is 5.32 Å². The van der Waals surface area contributed by atoms with Gasteiger partial charge in [-0.3, -0.25) is 9.59 Å². The Morgan fingerprint density at radius 2 is 2.12 bits per heavy atom. The summed E-state index contributed by atoms with van der Waals surface area (Å²) in [5.41, 5.74) is -0.874. The number of methoxy groups -OCH3 is 1. The number of nitrogens with one attached hydrogen (secondary N) is 1. The molecule has 1 aliphatic heterocycles. The van der Waals surface area contributed by atoms with E-state index in [9.17, 15) is 18.4 Å². The molecule has 24 heavy (non-hydrogen) atoms. The van der Waals surface area contributed by atoms with E-state index in [4.69, 9.17) is 4.74 Å². The minimum absolute atomic E-state index is 0.00281. The predicted octanol–water partition coefficient (Wildman–Crippen LogP) is 1.65. The third kappa shape index (κ3) is 3.40. The van der Waals surface area contributed by atoms with Gasteiger partial charge in [-0.25, -0.2) is 8.78 Å². The van der Waals surface area contributed by atoms with E-state index >= 15 is 0 Å². The molecule has 1 aliphatic rings. The van der Waals surface area contributed by atoms with Crippen molar-refractivity contribution >= 4 is 11.8 Å². The van der Waals surface area contributed by atoms with Gasteiger partial charge in [-0.05, 0) is 30.9 Å². The molecule has 7 heteroatoms. The first-order valence-electron chi connectivity index (χ1n) is 7.90. The Labute approximate surface area is 140 Å². The minimum Gasteiger partial charge on any atom is -0.382 e. The van der Waals surface area contributed by atoms with Gasteiger partial charge in [0.15, 0.2) is 11.6 Å². The number of hydrogen-bond acceptors (Lipinski definition) is 3. The third-order valence-corrected chi connectivity index (χ3v) is 4.46. The Hall–Kier alpha value is -2.02. The first kappa shape index (κ1) is 18.3. The maximum absolute atomic E-state index is 13.7. The summed E-state index contributed by atoms with van der Waals surface area (Å²) in [6.45, 7) is 0.550. The quantitative estimate of drug-likeness (QED) is 0.857. The number of rotatable bonds is 6. The lowest BCUT2D eigenvalue weighted by molar-refractivity contribution is -0.148. The number of aryl methyl sites for hydroxylation is 1. The molecular formula is C17H22F2N2O3. The zero-order chi connectivity index (χ0) is 17.7. The van der Waals surface area contributed by atoms with Crippen LogP contribution in [0.25, 0.3) is 0 Å². The second-order valence-corrected chi connectivity index (χ2v) is 5.91. The van der Waals surface area contributed by atoms with E-state index in [0.717, 1.165) is 6.07 Å². The average Bonchev–Trinajstić information content (AvgIpc) is 3.00. The highest BCUT2D eigenvalue weighted by molar-refractivity contribution is 5.92. The Morgan fingerprint density at radius 1 is 1.38 bits per heavy atom. The Bertz CT molecular complexity index is 624. The van der Waals surface area contributed by atoms with E-state index in [1.807, 2.05) is 0 Å². The molecule has 1 N–H and O–H groups in total. The van der Waals surface area contributed by atoms with Crippen molar-refractivity contribution in [3.05, 3.63) is 35.4 Å². The molecule has 1 aromatic rings. The van der Waals surface area contributed by atoms with Crippen LogP contribution in [0.2, 0.25) is 0 Å². The minimum atomic E-state index is -1.03. The normalized spacial score (nSPS) is 20.2. The van der Waals surface area contributed by atoms with Crippen molar-refractivity contribution in [1.82, 2.24) is 10.2 Å². The van der Waals surface area contributed by atoms with Gasteiger partial charge < -0.3 is 15.0 Å². The van der Waals surface area contributed by atoms with Gasteiger partial charge in [0.2, 0.25) is 11.8 Å². The predicted molar refractivity (Wildman–Crippen MR) is 84.3 cm³/mol. The molecule has 1 aromatic carbocycles. The van der Waals surface area contributed by atoms with E-state index < -0.39 is 17.2 Å². The van der Waals surface area contributed by atoms with E-state index in [2.05, 4.69) is 5.32 Å². The smallest absolute Gasteiger partial charge is 0.248 e. The molecule has 1 saturated heterocycles. The lowest BCUT2D eigenvalue weighted by atomic mass is 9.95. The van der Waals surface area contributed by atoms with Gasteiger partial charge in [-0.15, -0.1) is 0 Å². The number of halogens is 2. The molecule has 1 heterocycles. The Morgan fingerprint density at radius 3 is 2.79 bits per heavy atom. The molecule has 1 atom stereocenters. The standard InChI is InChI=1S/C17H22F2N2O3/c1-20-16(23)17(11-24-2)9-4-10-21(17)14(22)8-7-12-5-3-6-13(18)15(12)19/h3,5-6H,4,7-11H2,1-2H3,(H,20,23). The van der Waals surface area contributed by atoms with Gasteiger partial charge in [-0.1, -0.05) is 12.1 Å². The fourth-order valence-corrected chi connectivity index (χ4v) is 3.28. The van der Waals surface area contributed by atoms with Gasteiger partial charge >= 0.3 is 0 Å². The summed E-state index contributed by atoms with van der Waals surface area (Å²) in [7, 11) is 3.00. The topological polar surface area (TPSA) is 58.6 Å². The van der Waals surface area contributed by atoms with Crippen LogP contribution in [0.15, 0.2) is 18.2 Å². The number of nitrogens with zero attached hydrogens (tertiary/aromatic N) is 1. The number of hydrogen-bond donors (Lipinski definition) is 1. The molecule has 1 fully saturated rings. The van der Waals surface area contributed by atoms with Crippen molar-refractivity contribution in [3.8, 4) is 0 Å². The average molecular weight is 340 g/mol. The molecule has 2 amide bonds. The van der Waals surface area contributed by atoms with Crippen LogP contribution >= 0.6 is 0 Å². The highest BCUT2D eigenvalue weighted by atomic mass is 19.2. The molecule has 0 radical (unpaired) electrons. The molecule has 2 rings (SSSR count). The number of benzene rings is 1. The number of likely N-dealkylation sites (tertiary alicyclic amines) is 1. The van der Waals surface area contributed by atoms with Crippen molar-refractivity contribution < 1.29 is 23.1 Å². The Balaban J connectivity index is 2.12. The van der Waals surface area contributed by atoms with Crippen molar-refractivity contribution in [2.24, 2.45) is 0 Å². The van der Waals surface area contributed by atoms with Crippen LogP contribution in [-0.4, -0.2) is 49.6 Å². The van der Waals surface area contributed by atoms with Gasteiger partial charge in [0.05, 0.1) is 6.61 Å².